The zero-order valence-electron chi connectivity index (χ0n) is 45.4. The van der Waals surface area contributed by atoms with Crippen LogP contribution in [0.5, 0.6) is 0 Å². The van der Waals surface area contributed by atoms with Crippen molar-refractivity contribution < 1.29 is 28.6 Å². The van der Waals surface area contributed by atoms with Crippen molar-refractivity contribution >= 4 is 17.9 Å². The first-order valence-corrected chi connectivity index (χ1v) is 28.3. The maximum Gasteiger partial charge on any atom is 0.306 e. The van der Waals surface area contributed by atoms with E-state index in [2.05, 4.69) is 167 Å². The third kappa shape index (κ3) is 56.1. The zero-order chi connectivity index (χ0) is 51.4. The molecule has 0 aromatic carbocycles. The highest BCUT2D eigenvalue weighted by Crippen LogP contribution is 2.13. The lowest BCUT2D eigenvalue weighted by molar-refractivity contribution is -0.167. The van der Waals surface area contributed by atoms with Crippen LogP contribution in [0.25, 0.3) is 0 Å². The number of esters is 3. The number of carbonyl (C=O) groups excluding carboxylic acids is 3. The van der Waals surface area contributed by atoms with Gasteiger partial charge in [0.05, 0.1) is 0 Å². The molecule has 0 rings (SSSR count). The van der Waals surface area contributed by atoms with Gasteiger partial charge >= 0.3 is 17.9 Å². The summed E-state index contributed by atoms with van der Waals surface area (Å²) in [7, 11) is 0. The van der Waals surface area contributed by atoms with Crippen molar-refractivity contribution in [1.29, 1.82) is 0 Å². The van der Waals surface area contributed by atoms with Crippen LogP contribution in [0.2, 0.25) is 0 Å². The van der Waals surface area contributed by atoms with Gasteiger partial charge in [-0.1, -0.05) is 218 Å². The molecule has 0 aromatic rings. The molecule has 398 valence electrons. The summed E-state index contributed by atoms with van der Waals surface area (Å²) in [5.41, 5.74) is 0. The van der Waals surface area contributed by atoms with Crippen LogP contribution in [0.15, 0.2) is 146 Å². The molecule has 0 amide bonds. The fourth-order valence-corrected chi connectivity index (χ4v) is 7.18. The summed E-state index contributed by atoms with van der Waals surface area (Å²) < 4.78 is 16.8. The van der Waals surface area contributed by atoms with E-state index in [0.717, 1.165) is 173 Å². The van der Waals surface area contributed by atoms with Gasteiger partial charge in [0.2, 0.25) is 0 Å². The van der Waals surface area contributed by atoms with Crippen LogP contribution in [0.1, 0.15) is 226 Å². The fraction of sp³-hybridized carbons (Fsp3) is 0.585. The summed E-state index contributed by atoms with van der Waals surface area (Å²) >= 11 is 0. The average molecular weight is 980 g/mol. The van der Waals surface area contributed by atoms with Gasteiger partial charge in [0.1, 0.15) is 13.2 Å². The van der Waals surface area contributed by atoms with Gasteiger partial charge in [-0.05, 0) is 135 Å². The van der Waals surface area contributed by atoms with E-state index >= 15 is 0 Å². The van der Waals surface area contributed by atoms with Crippen LogP contribution >= 0.6 is 0 Å². The minimum Gasteiger partial charge on any atom is -0.462 e. The lowest BCUT2D eigenvalue weighted by Crippen LogP contribution is -2.30. The largest absolute Gasteiger partial charge is 0.462 e. The molecule has 6 heteroatoms. The number of allylic oxidation sites excluding steroid dienone is 24. The second-order valence-corrected chi connectivity index (χ2v) is 18.0. The molecule has 0 fully saturated rings. The molecule has 1 atom stereocenters. The third-order valence-corrected chi connectivity index (χ3v) is 11.3. The first kappa shape index (κ1) is 66.3. The highest BCUT2D eigenvalue weighted by atomic mass is 16.6. The predicted molar refractivity (Wildman–Crippen MR) is 306 cm³/mol. The highest BCUT2D eigenvalue weighted by molar-refractivity contribution is 5.71. The summed E-state index contributed by atoms with van der Waals surface area (Å²) in [6.45, 7) is 6.23. The highest BCUT2D eigenvalue weighted by Gasteiger charge is 2.19. The normalized spacial score (nSPS) is 13.2. The Morgan fingerprint density at radius 3 is 0.803 bits per heavy atom. The van der Waals surface area contributed by atoms with Crippen molar-refractivity contribution in [2.45, 2.75) is 232 Å². The summed E-state index contributed by atoms with van der Waals surface area (Å²) in [6, 6.07) is 0. The molecule has 6 nitrogen and oxygen atoms in total. The first-order chi connectivity index (χ1) is 35.0. The summed E-state index contributed by atoms with van der Waals surface area (Å²) in [5.74, 6) is -0.977. The van der Waals surface area contributed by atoms with Gasteiger partial charge in [0.15, 0.2) is 6.10 Å². The van der Waals surface area contributed by atoms with Crippen molar-refractivity contribution in [3.8, 4) is 0 Å². The van der Waals surface area contributed by atoms with Crippen molar-refractivity contribution in [3.63, 3.8) is 0 Å². The Labute approximate surface area is 436 Å². The van der Waals surface area contributed by atoms with Gasteiger partial charge in [-0.3, -0.25) is 14.4 Å². The monoisotopic (exact) mass is 979 g/mol. The molecular formula is C65H102O6. The second kappa shape index (κ2) is 57.9. The van der Waals surface area contributed by atoms with E-state index in [-0.39, 0.29) is 31.1 Å². The van der Waals surface area contributed by atoms with E-state index in [4.69, 9.17) is 14.2 Å². The Bertz CT molecular complexity index is 1590. The number of unbranched alkanes of at least 4 members (excludes halogenated alkanes) is 14. The van der Waals surface area contributed by atoms with E-state index in [1.54, 1.807) is 0 Å². The molecule has 0 aliphatic heterocycles. The Hall–Kier alpha value is -4.71. The van der Waals surface area contributed by atoms with Gasteiger partial charge < -0.3 is 14.2 Å². The van der Waals surface area contributed by atoms with Gasteiger partial charge in [0.25, 0.3) is 0 Å². The smallest absolute Gasteiger partial charge is 0.306 e. The standard InChI is InChI=1S/C65H102O6/c1-4-7-10-13-16-19-22-25-27-28-29-30-31-32-33-34-35-36-38-40-43-46-49-52-55-58-64(67)70-61-62(60-69-63(66)57-54-51-48-45-42-39-24-21-18-15-12-9-6-3)71-65(68)59-56-53-50-47-44-41-37-26-23-20-17-14-11-8-5-2/h7-12,16-21,25-27,29-30,32-33,35-37,39,42,62H,4-6,13-15,22-24,28,31,34,38,40-41,43-61H2,1-3H3/b10-7-,11-8-,12-9-,19-16-,20-17-,21-18-,27-25-,30-29-,33-32-,36-35-,37-26-,42-39-. The predicted octanol–water partition coefficient (Wildman–Crippen LogP) is 19.2. The summed E-state index contributed by atoms with van der Waals surface area (Å²) in [4.78, 5) is 38.1. The molecule has 71 heavy (non-hydrogen) atoms. The quantitative estimate of drug-likeness (QED) is 0.0262. The van der Waals surface area contributed by atoms with E-state index < -0.39 is 6.10 Å². The Morgan fingerprint density at radius 1 is 0.282 bits per heavy atom. The molecule has 0 bridgehead atoms. The van der Waals surface area contributed by atoms with Crippen LogP contribution in [-0.4, -0.2) is 37.2 Å². The van der Waals surface area contributed by atoms with Crippen LogP contribution < -0.4 is 0 Å². The van der Waals surface area contributed by atoms with E-state index in [1.165, 1.54) is 12.8 Å². The number of rotatable bonds is 49. The minimum atomic E-state index is -0.812. The molecular weight excluding hydrogens is 877 g/mol. The first-order valence-electron chi connectivity index (χ1n) is 28.3. The molecule has 0 N–H and O–H groups in total. The summed E-state index contributed by atoms with van der Waals surface area (Å²) in [5, 5.41) is 0. The molecule has 0 radical (unpaired) electrons. The second-order valence-electron chi connectivity index (χ2n) is 18.0. The van der Waals surface area contributed by atoms with E-state index in [1.807, 2.05) is 0 Å². The van der Waals surface area contributed by atoms with Crippen LogP contribution in [0.4, 0.5) is 0 Å². The van der Waals surface area contributed by atoms with E-state index in [0.29, 0.717) is 19.3 Å². The van der Waals surface area contributed by atoms with Crippen LogP contribution in [-0.2, 0) is 28.6 Å². The molecule has 0 saturated heterocycles. The van der Waals surface area contributed by atoms with Gasteiger partial charge in [-0.25, -0.2) is 0 Å². The van der Waals surface area contributed by atoms with Gasteiger partial charge in [-0.15, -0.1) is 0 Å². The average Bonchev–Trinajstić information content (AvgIpc) is 3.37. The van der Waals surface area contributed by atoms with Gasteiger partial charge in [0, 0.05) is 19.3 Å². The number of hydrogen-bond donors (Lipinski definition) is 0. The fourth-order valence-electron chi connectivity index (χ4n) is 7.18. The lowest BCUT2D eigenvalue weighted by Gasteiger charge is -2.18. The molecule has 0 heterocycles. The van der Waals surface area contributed by atoms with Crippen LogP contribution in [0.3, 0.4) is 0 Å². The molecule has 0 aliphatic rings. The summed E-state index contributed by atoms with van der Waals surface area (Å²) in [6.07, 6.45) is 82.7. The van der Waals surface area contributed by atoms with Crippen molar-refractivity contribution in [2.75, 3.05) is 13.2 Å². The SMILES string of the molecule is CC/C=C\C/C=C\C/C=C\C/C=C\C/C=C\C/C=C\CCCCCCCCC(=O)OCC(COC(=O)CCCCC/C=C\C/C=C\C/C=C\CC)OC(=O)CCCCCCC/C=C\C/C=C\C/C=C\CC. The molecule has 0 saturated carbocycles. The maximum absolute atomic E-state index is 12.8. The Morgan fingerprint density at radius 2 is 0.507 bits per heavy atom. The van der Waals surface area contributed by atoms with Crippen LogP contribution in [0, 0.1) is 0 Å². The van der Waals surface area contributed by atoms with Crippen molar-refractivity contribution in [3.05, 3.63) is 146 Å². The number of ether oxygens (including phenoxy) is 3. The topological polar surface area (TPSA) is 78.9 Å². The van der Waals surface area contributed by atoms with Crippen molar-refractivity contribution in [2.24, 2.45) is 0 Å². The zero-order valence-corrected chi connectivity index (χ0v) is 45.4. The van der Waals surface area contributed by atoms with E-state index in [9.17, 15) is 14.4 Å². The minimum absolute atomic E-state index is 0.109. The lowest BCUT2D eigenvalue weighted by atomic mass is 10.1. The molecule has 0 spiro atoms. The number of hydrogen-bond acceptors (Lipinski definition) is 6. The Kier molecular flexibility index (Phi) is 54.0. The van der Waals surface area contributed by atoms with Gasteiger partial charge in [-0.2, -0.15) is 0 Å². The Balaban J connectivity index is 4.43. The third-order valence-electron chi connectivity index (χ3n) is 11.3. The van der Waals surface area contributed by atoms with Crippen molar-refractivity contribution in [1.82, 2.24) is 0 Å². The molecule has 0 aromatic heterocycles. The molecule has 0 aliphatic carbocycles. The number of carbonyl (C=O) groups is 3. The maximum atomic E-state index is 12.8. The molecule has 1 unspecified atom stereocenters.